The number of hydrogen-bond acceptors (Lipinski definition) is 4. The van der Waals surface area contributed by atoms with Crippen LogP contribution in [0.4, 0.5) is 0 Å². The molecule has 0 radical (unpaired) electrons. The smallest absolute Gasteiger partial charge is 0.191 e. The average molecular weight is 484 g/mol. The standard InChI is InChI=1S/C19H28N6O.HI/c1-4-20-19(21-12-14(2)26-17-8-6-5-7-9-17)23-16-10-11-18-22-15(3)24-25(18)13-16;/h5-9,14,16H,4,10-13H2,1-3H3,(H2,20,21,23);1H. The molecule has 2 aromatic rings. The Morgan fingerprint density at radius 2 is 2.15 bits per heavy atom. The van der Waals surface area contributed by atoms with E-state index in [0.29, 0.717) is 12.6 Å². The van der Waals surface area contributed by atoms with Crippen LogP contribution in [0.5, 0.6) is 5.75 Å². The van der Waals surface area contributed by atoms with Crippen molar-refractivity contribution in [1.29, 1.82) is 0 Å². The molecule has 0 bridgehead atoms. The maximum absolute atomic E-state index is 5.90. The van der Waals surface area contributed by atoms with Crippen molar-refractivity contribution in [3.63, 3.8) is 0 Å². The first-order chi connectivity index (χ1) is 12.6. The van der Waals surface area contributed by atoms with Gasteiger partial charge in [0.05, 0.1) is 13.1 Å². The van der Waals surface area contributed by atoms with Crippen molar-refractivity contribution < 1.29 is 4.74 Å². The van der Waals surface area contributed by atoms with Crippen molar-refractivity contribution in [3.05, 3.63) is 42.0 Å². The Balaban J connectivity index is 0.00000261. The van der Waals surface area contributed by atoms with Gasteiger partial charge in [-0.1, -0.05) is 18.2 Å². The van der Waals surface area contributed by atoms with Gasteiger partial charge < -0.3 is 15.4 Å². The van der Waals surface area contributed by atoms with Gasteiger partial charge in [-0.3, -0.25) is 0 Å². The average Bonchev–Trinajstić information content (AvgIpc) is 3.00. The molecule has 7 nitrogen and oxygen atoms in total. The van der Waals surface area contributed by atoms with Gasteiger partial charge in [0.2, 0.25) is 0 Å². The van der Waals surface area contributed by atoms with Gasteiger partial charge in [-0.15, -0.1) is 24.0 Å². The van der Waals surface area contributed by atoms with E-state index in [1.54, 1.807) is 0 Å². The highest BCUT2D eigenvalue weighted by Crippen LogP contribution is 2.13. The van der Waals surface area contributed by atoms with E-state index in [1.165, 1.54) is 0 Å². The van der Waals surface area contributed by atoms with E-state index in [2.05, 4.69) is 32.6 Å². The molecule has 0 saturated carbocycles. The van der Waals surface area contributed by atoms with Crippen molar-refractivity contribution in [2.24, 2.45) is 4.99 Å². The minimum Gasteiger partial charge on any atom is -0.489 e. The number of nitrogens with one attached hydrogen (secondary N) is 2. The summed E-state index contributed by atoms with van der Waals surface area (Å²) >= 11 is 0. The monoisotopic (exact) mass is 484 g/mol. The predicted molar refractivity (Wildman–Crippen MR) is 118 cm³/mol. The topological polar surface area (TPSA) is 76.4 Å². The molecule has 1 aromatic carbocycles. The molecule has 2 heterocycles. The first-order valence-electron chi connectivity index (χ1n) is 9.31. The van der Waals surface area contributed by atoms with Crippen LogP contribution in [0.1, 0.15) is 31.9 Å². The lowest BCUT2D eigenvalue weighted by Gasteiger charge is -2.25. The lowest BCUT2D eigenvalue weighted by molar-refractivity contribution is 0.230. The maximum atomic E-state index is 5.90. The van der Waals surface area contributed by atoms with Crippen LogP contribution in [0.3, 0.4) is 0 Å². The number of halogens is 1. The molecule has 2 atom stereocenters. The number of aryl methyl sites for hydroxylation is 2. The lowest BCUT2D eigenvalue weighted by Crippen LogP contribution is -2.47. The number of aromatic nitrogens is 3. The molecule has 3 rings (SSSR count). The summed E-state index contributed by atoms with van der Waals surface area (Å²) in [6, 6.07) is 10.1. The SMILES string of the molecule is CCNC(=NCC(C)Oc1ccccc1)NC1CCc2nc(C)nn2C1.I. The minimum atomic E-state index is 0. The molecule has 8 heteroatoms. The van der Waals surface area contributed by atoms with Gasteiger partial charge in [0.1, 0.15) is 23.5 Å². The molecule has 2 unspecified atom stereocenters. The van der Waals surface area contributed by atoms with E-state index in [1.807, 2.05) is 48.9 Å². The van der Waals surface area contributed by atoms with Crippen molar-refractivity contribution in [2.45, 2.75) is 52.3 Å². The Morgan fingerprint density at radius 3 is 2.89 bits per heavy atom. The van der Waals surface area contributed by atoms with Gasteiger partial charge in [-0.25, -0.2) is 14.7 Å². The molecule has 2 N–H and O–H groups in total. The summed E-state index contributed by atoms with van der Waals surface area (Å²) in [6.45, 7) is 8.26. The van der Waals surface area contributed by atoms with Gasteiger partial charge in [-0.2, -0.15) is 5.10 Å². The maximum Gasteiger partial charge on any atom is 0.191 e. The first-order valence-corrected chi connectivity index (χ1v) is 9.31. The van der Waals surface area contributed by atoms with Crippen LogP contribution in [0.25, 0.3) is 0 Å². The molecule has 0 aliphatic carbocycles. The number of fused-ring (bicyclic) bond motifs is 1. The fraction of sp³-hybridized carbons (Fsp3) is 0.526. The molecule has 148 valence electrons. The molecule has 0 saturated heterocycles. The van der Waals surface area contributed by atoms with Crippen molar-refractivity contribution in [3.8, 4) is 5.75 Å². The Kier molecular flexibility index (Phi) is 8.33. The molecule has 0 amide bonds. The lowest BCUT2D eigenvalue weighted by atomic mass is 10.1. The van der Waals surface area contributed by atoms with Crippen LogP contribution in [-0.4, -0.2) is 46.0 Å². The minimum absolute atomic E-state index is 0. The molecular weight excluding hydrogens is 455 g/mol. The van der Waals surface area contributed by atoms with E-state index in [0.717, 1.165) is 49.3 Å². The Morgan fingerprint density at radius 1 is 1.37 bits per heavy atom. The number of benzene rings is 1. The first kappa shape index (κ1) is 21.5. The molecule has 27 heavy (non-hydrogen) atoms. The largest absolute Gasteiger partial charge is 0.489 e. The summed E-state index contributed by atoms with van der Waals surface area (Å²) in [6.07, 6.45) is 1.97. The predicted octanol–water partition coefficient (Wildman–Crippen LogP) is 2.54. The summed E-state index contributed by atoms with van der Waals surface area (Å²) in [4.78, 5) is 9.15. The fourth-order valence-electron chi connectivity index (χ4n) is 3.05. The highest BCUT2D eigenvalue weighted by molar-refractivity contribution is 14.0. The molecule has 1 aliphatic heterocycles. The Labute approximate surface area is 178 Å². The second-order valence-electron chi connectivity index (χ2n) is 6.60. The van der Waals surface area contributed by atoms with Crippen LogP contribution in [0.15, 0.2) is 35.3 Å². The highest BCUT2D eigenvalue weighted by Gasteiger charge is 2.21. The van der Waals surface area contributed by atoms with Crippen LogP contribution in [-0.2, 0) is 13.0 Å². The normalized spacial score (nSPS) is 17.4. The summed E-state index contributed by atoms with van der Waals surface area (Å²) in [5.74, 6) is 3.61. The van der Waals surface area contributed by atoms with Crippen LogP contribution in [0.2, 0.25) is 0 Å². The Bertz CT molecular complexity index is 733. The molecular formula is C19H29IN6O. The van der Waals surface area contributed by atoms with Gasteiger partial charge in [0.25, 0.3) is 0 Å². The summed E-state index contributed by atoms with van der Waals surface area (Å²) in [5.41, 5.74) is 0. The highest BCUT2D eigenvalue weighted by atomic mass is 127. The van der Waals surface area contributed by atoms with Crippen molar-refractivity contribution in [1.82, 2.24) is 25.4 Å². The number of para-hydroxylation sites is 1. The van der Waals surface area contributed by atoms with Crippen LogP contribution >= 0.6 is 24.0 Å². The van der Waals surface area contributed by atoms with Crippen molar-refractivity contribution >= 4 is 29.9 Å². The zero-order valence-electron chi connectivity index (χ0n) is 16.2. The third-order valence-corrected chi connectivity index (χ3v) is 4.24. The second kappa shape index (κ2) is 10.5. The second-order valence-corrected chi connectivity index (χ2v) is 6.60. The number of hydrogen-bond donors (Lipinski definition) is 2. The molecule has 1 aliphatic rings. The Hall–Kier alpha value is -1.84. The summed E-state index contributed by atoms with van der Waals surface area (Å²) < 4.78 is 7.90. The van der Waals surface area contributed by atoms with Crippen molar-refractivity contribution in [2.75, 3.05) is 13.1 Å². The van der Waals surface area contributed by atoms with Gasteiger partial charge in [0, 0.05) is 19.0 Å². The van der Waals surface area contributed by atoms with E-state index >= 15 is 0 Å². The zero-order chi connectivity index (χ0) is 18.4. The molecule has 1 aromatic heterocycles. The number of guanidine groups is 1. The number of rotatable bonds is 6. The van der Waals surface area contributed by atoms with E-state index in [9.17, 15) is 0 Å². The third kappa shape index (κ3) is 6.37. The molecule has 0 fully saturated rings. The van der Waals surface area contributed by atoms with E-state index in [-0.39, 0.29) is 30.1 Å². The number of aliphatic imine (C=N–C) groups is 1. The van der Waals surface area contributed by atoms with E-state index in [4.69, 9.17) is 4.74 Å². The number of nitrogens with zero attached hydrogens (tertiary/aromatic N) is 4. The zero-order valence-corrected chi connectivity index (χ0v) is 18.5. The molecule has 0 spiro atoms. The summed E-state index contributed by atoms with van der Waals surface area (Å²) in [7, 11) is 0. The third-order valence-electron chi connectivity index (χ3n) is 4.24. The number of ether oxygens (including phenoxy) is 1. The van der Waals surface area contributed by atoms with Crippen LogP contribution in [0, 0.1) is 6.92 Å². The van der Waals surface area contributed by atoms with E-state index < -0.39 is 0 Å². The van der Waals surface area contributed by atoms with Gasteiger partial charge >= 0.3 is 0 Å². The van der Waals surface area contributed by atoms with Gasteiger partial charge in [-0.05, 0) is 39.3 Å². The quantitative estimate of drug-likeness (QED) is 0.375. The van der Waals surface area contributed by atoms with Crippen LogP contribution < -0.4 is 15.4 Å². The fourth-order valence-corrected chi connectivity index (χ4v) is 3.05. The van der Waals surface area contributed by atoms with Gasteiger partial charge in [0.15, 0.2) is 5.96 Å². The summed E-state index contributed by atoms with van der Waals surface area (Å²) in [5, 5.41) is 11.3.